The van der Waals surface area contributed by atoms with E-state index in [4.69, 9.17) is 0 Å². The molecule has 1 aromatic rings. The molecule has 2 aliphatic rings. The van der Waals surface area contributed by atoms with E-state index in [0.717, 1.165) is 24.8 Å². The molecule has 2 heterocycles. The Bertz CT molecular complexity index is 451. The molecule has 0 saturated carbocycles. The Labute approximate surface area is 91.5 Å². The lowest BCUT2D eigenvalue weighted by Crippen LogP contribution is -2.37. The summed E-state index contributed by atoms with van der Waals surface area (Å²) in [5, 5.41) is 4.46. The van der Waals surface area contributed by atoms with E-state index in [2.05, 4.69) is 5.32 Å². The van der Waals surface area contributed by atoms with E-state index in [-0.39, 0.29) is 11.8 Å². The van der Waals surface area contributed by atoms with Crippen molar-refractivity contribution in [2.45, 2.75) is 31.1 Å². The van der Waals surface area contributed by atoms with Crippen molar-refractivity contribution in [3.8, 4) is 0 Å². The van der Waals surface area contributed by atoms with E-state index >= 15 is 0 Å². The molecule has 1 aromatic heterocycles. The lowest BCUT2D eigenvalue weighted by molar-refractivity contribution is -0.126. The van der Waals surface area contributed by atoms with Crippen LogP contribution in [0, 0.1) is 0 Å². The Morgan fingerprint density at radius 2 is 2.27 bits per heavy atom. The zero-order valence-corrected chi connectivity index (χ0v) is 9.02. The molecule has 3 rings (SSSR count). The van der Waals surface area contributed by atoms with Gasteiger partial charge in [-0.15, -0.1) is 11.3 Å². The average Bonchev–Trinajstić information content (AvgIpc) is 2.74. The largest absolute Gasteiger partial charge is 0.296 e. The van der Waals surface area contributed by atoms with Crippen molar-refractivity contribution >= 4 is 23.2 Å². The zero-order chi connectivity index (χ0) is 10.5. The van der Waals surface area contributed by atoms with E-state index in [9.17, 15) is 9.59 Å². The number of thiophene rings is 1. The van der Waals surface area contributed by atoms with Crippen LogP contribution in [0.5, 0.6) is 0 Å². The highest BCUT2D eigenvalue weighted by atomic mass is 32.1. The third-order valence-electron chi connectivity index (χ3n) is 3.42. The molecule has 1 saturated heterocycles. The molecule has 15 heavy (non-hydrogen) atoms. The fraction of sp³-hybridized carbons (Fsp3) is 0.455. The number of fused-ring (bicyclic) bond motifs is 2. The normalized spacial score (nSPS) is 29.3. The van der Waals surface area contributed by atoms with Gasteiger partial charge in [-0.3, -0.25) is 14.9 Å². The minimum absolute atomic E-state index is 0.0909. The number of hydrogen-bond acceptors (Lipinski definition) is 3. The quantitative estimate of drug-likeness (QED) is 0.672. The van der Waals surface area contributed by atoms with Crippen LogP contribution in [0.4, 0.5) is 0 Å². The molecule has 0 unspecified atom stereocenters. The first-order valence-electron chi connectivity index (χ1n) is 5.13. The van der Waals surface area contributed by atoms with Gasteiger partial charge in [0.1, 0.15) is 0 Å². The maximum Gasteiger partial charge on any atom is 0.237 e. The van der Waals surface area contributed by atoms with Crippen molar-refractivity contribution < 1.29 is 9.59 Å². The van der Waals surface area contributed by atoms with Crippen LogP contribution < -0.4 is 5.32 Å². The summed E-state index contributed by atoms with van der Waals surface area (Å²) in [6.07, 6.45) is 3.22. The molecular formula is C11H11NO2S. The Balaban J connectivity index is 2.15. The summed E-state index contributed by atoms with van der Waals surface area (Å²) in [5.41, 5.74) is 0.576. The van der Waals surface area contributed by atoms with Gasteiger partial charge in [-0.05, 0) is 36.3 Å². The molecule has 1 N–H and O–H groups in total. The van der Waals surface area contributed by atoms with Crippen LogP contribution in [0.3, 0.4) is 0 Å². The second-order valence-electron chi connectivity index (χ2n) is 4.25. The van der Waals surface area contributed by atoms with Gasteiger partial charge in [0, 0.05) is 11.3 Å². The van der Waals surface area contributed by atoms with Gasteiger partial charge in [0.25, 0.3) is 0 Å². The van der Waals surface area contributed by atoms with E-state index in [1.165, 1.54) is 4.88 Å². The van der Waals surface area contributed by atoms with Gasteiger partial charge >= 0.3 is 0 Å². The number of aryl methyl sites for hydroxylation is 1. The molecule has 4 heteroatoms. The number of imide groups is 1. The van der Waals surface area contributed by atoms with Crippen LogP contribution in [0.25, 0.3) is 0 Å². The van der Waals surface area contributed by atoms with Gasteiger partial charge in [-0.25, -0.2) is 0 Å². The zero-order valence-electron chi connectivity index (χ0n) is 8.21. The van der Waals surface area contributed by atoms with Crippen LogP contribution in [-0.2, 0) is 21.4 Å². The van der Waals surface area contributed by atoms with E-state index in [0.29, 0.717) is 6.42 Å². The minimum atomic E-state index is -0.523. The summed E-state index contributed by atoms with van der Waals surface area (Å²) in [4.78, 5) is 24.5. The van der Waals surface area contributed by atoms with Crippen molar-refractivity contribution in [3.05, 3.63) is 21.9 Å². The lowest BCUT2D eigenvalue weighted by Gasteiger charge is -2.29. The van der Waals surface area contributed by atoms with Crippen molar-refractivity contribution in [3.63, 3.8) is 0 Å². The van der Waals surface area contributed by atoms with E-state index in [1.807, 2.05) is 11.4 Å². The molecule has 1 fully saturated rings. The molecule has 0 bridgehead atoms. The molecule has 1 atom stereocenters. The Morgan fingerprint density at radius 1 is 1.40 bits per heavy atom. The van der Waals surface area contributed by atoms with Crippen LogP contribution in [0.2, 0.25) is 0 Å². The average molecular weight is 221 g/mol. The van der Waals surface area contributed by atoms with Crippen molar-refractivity contribution in [1.82, 2.24) is 5.32 Å². The molecule has 78 valence electrons. The molecule has 0 aromatic carbocycles. The van der Waals surface area contributed by atoms with Gasteiger partial charge in [-0.2, -0.15) is 0 Å². The van der Waals surface area contributed by atoms with Gasteiger partial charge in [0.05, 0.1) is 5.41 Å². The fourth-order valence-corrected chi connectivity index (χ4v) is 3.73. The van der Waals surface area contributed by atoms with Crippen LogP contribution in [-0.4, -0.2) is 11.8 Å². The molecule has 1 aliphatic carbocycles. The van der Waals surface area contributed by atoms with Gasteiger partial charge in [0.2, 0.25) is 11.8 Å². The monoisotopic (exact) mass is 221 g/mol. The maximum atomic E-state index is 11.9. The van der Waals surface area contributed by atoms with Gasteiger partial charge < -0.3 is 0 Å². The predicted octanol–water partition coefficient (Wildman–Crippen LogP) is 1.37. The smallest absolute Gasteiger partial charge is 0.237 e. The Hall–Kier alpha value is -1.16. The summed E-state index contributed by atoms with van der Waals surface area (Å²) < 4.78 is 0. The highest BCUT2D eigenvalue weighted by Crippen LogP contribution is 2.44. The third kappa shape index (κ3) is 1.11. The number of rotatable bonds is 0. The summed E-state index contributed by atoms with van der Waals surface area (Å²) in [7, 11) is 0. The summed E-state index contributed by atoms with van der Waals surface area (Å²) in [5.74, 6) is -0.217. The second-order valence-corrected chi connectivity index (χ2v) is 5.25. The summed E-state index contributed by atoms with van der Waals surface area (Å²) >= 11 is 1.70. The molecule has 1 aliphatic heterocycles. The first kappa shape index (κ1) is 9.09. The standard InChI is InChI=1S/C11H11NO2S/c13-9-6-11(10(14)12-9)4-1-2-8-7(11)3-5-15-8/h3,5H,1-2,4,6H2,(H,12,13,14)/t11-/m0/s1. The highest BCUT2D eigenvalue weighted by Gasteiger charge is 2.50. The van der Waals surface area contributed by atoms with Gasteiger partial charge in [0.15, 0.2) is 0 Å². The first-order chi connectivity index (χ1) is 7.22. The van der Waals surface area contributed by atoms with Crippen LogP contribution >= 0.6 is 11.3 Å². The second kappa shape index (κ2) is 2.92. The lowest BCUT2D eigenvalue weighted by atomic mass is 9.71. The van der Waals surface area contributed by atoms with Crippen LogP contribution in [0.1, 0.15) is 29.7 Å². The Morgan fingerprint density at radius 3 is 3.00 bits per heavy atom. The number of carbonyl (C=O) groups excluding carboxylic acids is 2. The van der Waals surface area contributed by atoms with Crippen molar-refractivity contribution in [1.29, 1.82) is 0 Å². The third-order valence-corrected chi connectivity index (χ3v) is 4.40. The topological polar surface area (TPSA) is 46.2 Å². The molecule has 1 spiro atoms. The SMILES string of the molecule is O=C1C[C@]2(CCCc3sccc32)C(=O)N1. The number of amides is 2. The van der Waals surface area contributed by atoms with E-state index in [1.54, 1.807) is 11.3 Å². The van der Waals surface area contributed by atoms with Crippen molar-refractivity contribution in [2.24, 2.45) is 0 Å². The number of nitrogens with one attached hydrogen (secondary N) is 1. The molecular weight excluding hydrogens is 210 g/mol. The first-order valence-corrected chi connectivity index (χ1v) is 6.01. The minimum Gasteiger partial charge on any atom is -0.296 e. The highest BCUT2D eigenvalue weighted by molar-refractivity contribution is 7.10. The summed E-state index contributed by atoms with van der Waals surface area (Å²) in [6.45, 7) is 0. The summed E-state index contributed by atoms with van der Waals surface area (Å²) in [6, 6.07) is 2.01. The number of hydrogen-bond donors (Lipinski definition) is 1. The van der Waals surface area contributed by atoms with Crippen molar-refractivity contribution in [2.75, 3.05) is 0 Å². The van der Waals surface area contributed by atoms with Crippen LogP contribution in [0.15, 0.2) is 11.4 Å². The molecule has 2 amide bonds. The number of carbonyl (C=O) groups is 2. The fourth-order valence-electron chi connectivity index (χ4n) is 2.71. The molecule has 3 nitrogen and oxygen atoms in total. The Kier molecular flexibility index (Phi) is 1.77. The predicted molar refractivity (Wildman–Crippen MR) is 56.7 cm³/mol. The van der Waals surface area contributed by atoms with Gasteiger partial charge in [-0.1, -0.05) is 0 Å². The maximum absolute atomic E-state index is 11.9. The van der Waals surface area contributed by atoms with E-state index < -0.39 is 5.41 Å². The molecule has 0 radical (unpaired) electrons.